The molecule has 108 valence electrons. The fraction of sp³-hybridized carbons (Fsp3) is 0.467. The Morgan fingerprint density at radius 2 is 1.85 bits per heavy atom. The predicted molar refractivity (Wildman–Crippen MR) is 78.8 cm³/mol. The van der Waals surface area contributed by atoms with Gasteiger partial charge in [-0.05, 0) is 45.4 Å². The lowest BCUT2D eigenvalue weighted by molar-refractivity contribution is -0.123. The summed E-state index contributed by atoms with van der Waals surface area (Å²) in [7, 11) is 1.61. The van der Waals surface area contributed by atoms with Crippen molar-refractivity contribution in [2.75, 3.05) is 7.11 Å². The van der Waals surface area contributed by atoms with Gasteiger partial charge in [0.25, 0.3) is 5.91 Å². The zero-order chi connectivity index (χ0) is 15.0. The van der Waals surface area contributed by atoms with Gasteiger partial charge in [0, 0.05) is 5.54 Å². The molecule has 2 rings (SSSR count). The maximum atomic E-state index is 12.3. The second kappa shape index (κ2) is 4.81. The molecular weight excluding hydrogens is 254 g/mol. The number of guanidine groups is 1. The molecule has 0 aliphatic carbocycles. The summed E-state index contributed by atoms with van der Waals surface area (Å²) < 4.78 is 5.13. The third-order valence-electron chi connectivity index (χ3n) is 3.16. The summed E-state index contributed by atoms with van der Waals surface area (Å²) in [5.74, 6) is 1.14. The zero-order valence-corrected chi connectivity index (χ0v) is 12.6. The van der Waals surface area contributed by atoms with Crippen molar-refractivity contribution in [3.05, 3.63) is 29.8 Å². The first-order chi connectivity index (χ1) is 9.24. The van der Waals surface area contributed by atoms with Crippen LogP contribution < -0.4 is 15.4 Å². The van der Waals surface area contributed by atoms with E-state index in [1.807, 2.05) is 52.0 Å². The number of aliphatic imine (C=N–C) groups is 1. The van der Waals surface area contributed by atoms with Crippen LogP contribution in [0.1, 0.15) is 33.3 Å². The number of hydrogen-bond acceptors (Lipinski definition) is 4. The summed E-state index contributed by atoms with van der Waals surface area (Å²) in [6.45, 7) is 7.86. The van der Waals surface area contributed by atoms with Gasteiger partial charge in [0.05, 0.1) is 7.11 Å². The lowest BCUT2D eigenvalue weighted by atomic mass is 9.92. The summed E-state index contributed by atoms with van der Waals surface area (Å²) in [6.07, 6.45) is 0. The number of methoxy groups -OCH3 is 1. The van der Waals surface area contributed by atoms with Gasteiger partial charge >= 0.3 is 0 Å². The maximum absolute atomic E-state index is 12.3. The summed E-state index contributed by atoms with van der Waals surface area (Å²) in [4.78, 5) is 16.8. The van der Waals surface area contributed by atoms with E-state index in [4.69, 9.17) is 4.74 Å². The first kappa shape index (κ1) is 14.4. The second-order valence-electron chi connectivity index (χ2n) is 6.09. The first-order valence-electron chi connectivity index (χ1n) is 6.59. The van der Waals surface area contributed by atoms with E-state index in [1.54, 1.807) is 7.11 Å². The van der Waals surface area contributed by atoms with Crippen LogP contribution in [-0.2, 0) is 10.3 Å². The van der Waals surface area contributed by atoms with Crippen LogP contribution in [0.5, 0.6) is 5.75 Å². The summed E-state index contributed by atoms with van der Waals surface area (Å²) in [6, 6.07) is 7.39. The molecule has 1 heterocycles. The Morgan fingerprint density at radius 3 is 2.35 bits per heavy atom. The molecule has 1 aromatic rings. The molecule has 1 aromatic carbocycles. The third-order valence-corrected chi connectivity index (χ3v) is 3.16. The highest BCUT2D eigenvalue weighted by molar-refractivity contribution is 6.07. The molecule has 20 heavy (non-hydrogen) atoms. The Hall–Kier alpha value is -2.04. The van der Waals surface area contributed by atoms with E-state index < -0.39 is 5.54 Å². The molecule has 0 saturated heterocycles. The van der Waals surface area contributed by atoms with Crippen molar-refractivity contribution in [3.63, 3.8) is 0 Å². The standard InChI is InChI=1S/C15H21N3O2/c1-14(2,3)17-13-16-12(19)15(4,18-13)10-6-8-11(20-5)9-7-10/h6-9H,1-5H3,(H2,16,17,18,19). The molecule has 2 N–H and O–H groups in total. The molecule has 0 spiro atoms. The van der Waals surface area contributed by atoms with Crippen molar-refractivity contribution in [3.8, 4) is 5.75 Å². The minimum Gasteiger partial charge on any atom is -0.497 e. The van der Waals surface area contributed by atoms with Gasteiger partial charge in [-0.15, -0.1) is 0 Å². The zero-order valence-electron chi connectivity index (χ0n) is 12.6. The Kier molecular flexibility index (Phi) is 3.46. The van der Waals surface area contributed by atoms with Crippen LogP contribution in [0.15, 0.2) is 29.3 Å². The van der Waals surface area contributed by atoms with Crippen LogP contribution in [0.3, 0.4) is 0 Å². The van der Waals surface area contributed by atoms with Crippen LogP contribution in [0.2, 0.25) is 0 Å². The van der Waals surface area contributed by atoms with Gasteiger partial charge in [0.1, 0.15) is 5.75 Å². The van der Waals surface area contributed by atoms with Crippen LogP contribution in [-0.4, -0.2) is 24.5 Å². The largest absolute Gasteiger partial charge is 0.497 e. The van der Waals surface area contributed by atoms with Crippen LogP contribution in [0, 0.1) is 0 Å². The maximum Gasteiger partial charge on any atom is 0.259 e. The van der Waals surface area contributed by atoms with Crippen LogP contribution >= 0.6 is 0 Å². The average Bonchev–Trinajstić information content (AvgIpc) is 2.63. The predicted octanol–water partition coefficient (Wildman–Crippen LogP) is 1.78. The van der Waals surface area contributed by atoms with Gasteiger partial charge in [-0.3, -0.25) is 10.1 Å². The molecule has 5 nitrogen and oxygen atoms in total. The number of hydrogen-bond donors (Lipinski definition) is 2. The summed E-state index contributed by atoms with van der Waals surface area (Å²) >= 11 is 0. The number of carbonyl (C=O) groups excluding carboxylic acids is 1. The lowest BCUT2D eigenvalue weighted by Gasteiger charge is -2.21. The topological polar surface area (TPSA) is 62.7 Å². The molecule has 1 amide bonds. The number of benzene rings is 1. The van der Waals surface area contributed by atoms with Gasteiger partial charge in [-0.2, -0.15) is 0 Å². The number of nitrogens with one attached hydrogen (secondary N) is 2. The molecule has 0 bridgehead atoms. The van der Waals surface area contributed by atoms with Crippen molar-refractivity contribution >= 4 is 11.9 Å². The molecule has 1 atom stereocenters. The molecule has 0 aromatic heterocycles. The van der Waals surface area contributed by atoms with Crippen molar-refractivity contribution < 1.29 is 9.53 Å². The molecule has 0 saturated carbocycles. The van der Waals surface area contributed by atoms with E-state index in [0.29, 0.717) is 5.96 Å². The Morgan fingerprint density at radius 1 is 1.25 bits per heavy atom. The van der Waals surface area contributed by atoms with Crippen molar-refractivity contribution in [2.24, 2.45) is 4.99 Å². The van der Waals surface area contributed by atoms with Gasteiger partial charge < -0.3 is 10.1 Å². The minimum absolute atomic E-state index is 0.130. The second-order valence-corrected chi connectivity index (χ2v) is 6.09. The first-order valence-corrected chi connectivity index (χ1v) is 6.59. The lowest BCUT2D eigenvalue weighted by Crippen LogP contribution is -2.47. The smallest absolute Gasteiger partial charge is 0.259 e. The molecule has 1 aliphatic rings. The highest BCUT2D eigenvalue weighted by atomic mass is 16.5. The Labute approximate surface area is 119 Å². The normalized spacial score (nSPS) is 22.2. The fourth-order valence-electron chi connectivity index (χ4n) is 2.06. The highest BCUT2D eigenvalue weighted by Gasteiger charge is 2.41. The van der Waals surface area contributed by atoms with E-state index in [0.717, 1.165) is 11.3 Å². The van der Waals surface area contributed by atoms with E-state index in [-0.39, 0.29) is 11.4 Å². The van der Waals surface area contributed by atoms with E-state index in [1.165, 1.54) is 0 Å². The molecule has 0 fully saturated rings. The van der Waals surface area contributed by atoms with Gasteiger partial charge in [-0.25, -0.2) is 4.99 Å². The van der Waals surface area contributed by atoms with Gasteiger partial charge in [-0.1, -0.05) is 12.1 Å². The number of ether oxygens (including phenoxy) is 1. The van der Waals surface area contributed by atoms with Crippen molar-refractivity contribution in [1.29, 1.82) is 0 Å². The fourth-order valence-corrected chi connectivity index (χ4v) is 2.06. The number of nitrogens with zero attached hydrogens (tertiary/aromatic N) is 1. The van der Waals surface area contributed by atoms with E-state index in [2.05, 4.69) is 15.6 Å². The average molecular weight is 275 g/mol. The Balaban J connectivity index is 2.30. The van der Waals surface area contributed by atoms with E-state index in [9.17, 15) is 4.79 Å². The summed E-state index contributed by atoms with van der Waals surface area (Å²) in [5, 5.41) is 5.99. The Bertz CT molecular complexity index is 543. The SMILES string of the molecule is COc1ccc(C2(C)N=C(NC(C)(C)C)NC2=O)cc1. The van der Waals surface area contributed by atoms with Crippen molar-refractivity contribution in [2.45, 2.75) is 38.8 Å². The molecule has 0 radical (unpaired) electrons. The highest BCUT2D eigenvalue weighted by Crippen LogP contribution is 2.30. The molecule has 5 heteroatoms. The number of carbonyl (C=O) groups is 1. The molecule has 1 aliphatic heterocycles. The monoisotopic (exact) mass is 275 g/mol. The van der Waals surface area contributed by atoms with Crippen molar-refractivity contribution in [1.82, 2.24) is 10.6 Å². The third kappa shape index (κ3) is 2.76. The van der Waals surface area contributed by atoms with Gasteiger partial charge in [0.2, 0.25) is 0 Å². The van der Waals surface area contributed by atoms with Gasteiger partial charge in [0.15, 0.2) is 11.5 Å². The summed E-state index contributed by atoms with van der Waals surface area (Å²) in [5.41, 5.74) is -0.224. The number of amides is 1. The van der Waals surface area contributed by atoms with E-state index >= 15 is 0 Å². The quantitative estimate of drug-likeness (QED) is 0.865. The number of rotatable bonds is 2. The molecule has 1 unspecified atom stereocenters. The van der Waals surface area contributed by atoms with Crippen LogP contribution in [0.25, 0.3) is 0 Å². The van der Waals surface area contributed by atoms with Crippen LogP contribution in [0.4, 0.5) is 0 Å². The molecular formula is C15H21N3O2. The minimum atomic E-state index is -0.903.